The van der Waals surface area contributed by atoms with Crippen LogP contribution in [0.1, 0.15) is 31.2 Å². The Hall–Kier alpha value is -0.980. The van der Waals surface area contributed by atoms with Gasteiger partial charge < -0.3 is 5.11 Å². The van der Waals surface area contributed by atoms with E-state index in [0.29, 0.717) is 5.75 Å². The van der Waals surface area contributed by atoms with Crippen LogP contribution in [0.15, 0.2) is 24.3 Å². The first-order valence-electron chi connectivity index (χ1n) is 4.56. The molecule has 1 heteroatoms. The van der Waals surface area contributed by atoms with E-state index in [1.54, 1.807) is 12.1 Å². The Kier molecular flexibility index (Phi) is 1.80. The summed E-state index contributed by atoms with van der Waals surface area (Å²) >= 11 is 0. The summed E-state index contributed by atoms with van der Waals surface area (Å²) in [6.07, 6.45) is 2.66. The molecule has 2 rings (SSSR count). The molecule has 2 atom stereocenters. The normalized spacial score (nSPS) is 28.1. The van der Waals surface area contributed by atoms with Gasteiger partial charge in [0.1, 0.15) is 5.75 Å². The summed E-state index contributed by atoms with van der Waals surface area (Å²) in [6, 6.07) is 7.63. The van der Waals surface area contributed by atoms with E-state index in [0.717, 1.165) is 11.8 Å². The second-order valence-corrected chi connectivity index (χ2v) is 3.75. The fraction of sp³-hybridized carbons (Fsp3) is 0.455. The van der Waals surface area contributed by atoms with Gasteiger partial charge in [0, 0.05) is 0 Å². The van der Waals surface area contributed by atoms with Crippen LogP contribution in [-0.2, 0) is 0 Å². The molecule has 0 radical (unpaired) electrons. The van der Waals surface area contributed by atoms with Crippen LogP contribution < -0.4 is 0 Å². The van der Waals surface area contributed by atoms with Crippen LogP contribution in [0.2, 0.25) is 0 Å². The van der Waals surface area contributed by atoms with E-state index in [1.807, 2.05) is 12.1 Å². The molecule has 12 heavy (non-hydrogen) atoms. The number of rotatable bonds is 1. The van der Waals surface area contributed by atoms with Crippen LogP contribution in [0, 0.1) is 5.92 Å². The van der Waals surface area contributed by atoms with Crippen molar-refractivity contribution in [1.82, 2.24) is 0 Å². The van der Waals surface area contributed by atoms with Crippen LogP contribution in [0.4, 0.5) is 0 Å². The summed E-state index contributed by atoms with van der Waals surface area (Å²) in [7, 11) is 0. The van der Waals surface area contributed by atoms with E-state index in [-0.39, 0.29) is 0 Å². The first kappa shape index (κ1) is 7.66. The lowest BCUT2D eigenvalue weighted by molar-refractivity contribution is 0.280. The molecule has 0 amide bonds. The molecule has 1 aliphatic carbocycles. The predicted octanol–water partition coefficient (Wildman–Crippen LogP) is 2.91. The van der Waals surface area contributed by atoms with Crippen molar-refractivity contribution in [3.05, 3.63) is 29.8 Å². The van der Waals surface area contributed by atoms with E-state index in [4.69, 9.17) is 5.11 Å². The molecule has 0 bridgehead atoms. The maximum absolute atomic E-state index is 9.10. The molecular weight excluding hydrogens is 148 g/mol. The number of phenols is 1. The average Bonchev–Trinajstić information content (AvgIpc) is 2.06. The van der Waals surface area contributed by atoms with Crippen molar-refractivity contribution in [3.63, 3.8) is 0 Å². The summed E-state index contributed by atoms with van der Waals surface area (Å²) in [4.78, 5) is 0. The van der Waals surface area contributed by atoms with Crippen LogP contribution in [0.5, 0.6) is 5.75 Å². The van der Waals surface area contributed by atoms with Crippen LogP contribution in [-0.4, -0.2) is 5.11 Å². The molecular formula is C11H14O. The Bertz CT molecular complexity index is 263. The van der Waals surface area contributed by atoms with Gasteiger partial charge in [-0.2, -0.15) is 0 Å². The zero-order valence-corrected chi connectivity index (χ0v) is 7.33. The lowest BCUT2D eigenvalue weighted by atomic mass is 9.71. The fourth-order valence-corrected chi connectivity index (χ4v) is 1.88. The summed E-state index contributed by atoms with van der Waals surface area (Å²) in [6.45, 7) is 2.29. The minimum atomic E-state index is 0.366. The number of benzene rings is 1. The molecule has 0 saturated heterocycles. The highest BCUT2D eigenvalue weighted by Gasteiger charge is 2.27. The average molecular weight is 162 g/mol. The smallest absolute Gasteiger partial charge is 0.115 e. The van der Waals surface area contributed by atoms with E-state index < -0.39 is 0 Å². The fourth-order valence-electron chi connectivity index (χ4n) is 1.88. The van der Waals surface area contributed by atoms with E-state index >= 15 is 0 Å². The predicted molar refractivity (Wildman–Crippen MR) is 49.2 cm³/mol. The molecule has 1 aliphatic rings. The molecule has 0 unspecified atom stereocenters. The Morgan fingerprint density at radius 3 is 2.25 bits per heavy atom. The molecule has 0 aliphatic heterocycles. The van der Waals surface area contributed by atoms with Gasteiger partial charge in [-0.15, -0.1) is 0 Å². The Balaban J connectivity index is 2.18. The summed E-state index contributed by atoms with van der Waals surface area (Å²) in [5, 5.41) is 9.10. The SMILES string of the molecule is C[C@H]1CC[C@H]1c1ccc(O)cc1. The maximum atomic E-state index is 9.10. The van der Waals surface area contributed by atoms with Crippen molar-refractivity contribution in [2.75, 3.05) is 0 Å². The number of hydrogen-bond donors (Lipinski definition) is 1. The zero-order chi connectivity index (χ0) is 8.55. The highest BCUT2D eigenvalue weighted by atomic mass is 16.3. The summed E-state index contributed by atoms with van der Waals surface area (Å²) in [5.74, 6) is 1.94. The topological polar surface area (TPSA) is 20.2 Å². The Morgan fingerprint density at radius 2 is 1.83 bits per heavy atom. The summed E-state index contributed by atoms with van der Waals surface area (Å²) < 4.78 is 0. The van der Waals surface area contributed by atoms with Crippen molar-refractivity contribution in [3.8, 4) is 5.75 Å². The molecule has 1 saturated carbocycles. The lowest BCUT2D eigenvalue weighted by Gasteiger charge is -2.34. The summed E-state index contributed by atoms with van der Waals surface area (Å²) in [5.41, 5.74) is 1.38. The third kappa shape index (κ3) is 1.20. The van der Waals surface area contributed by atoms with Crippen molar-refractivity contribution in [1.29, 1.82) is 0 Å². The van der Waals surface area contributed by atoms with Gasteiger partial charge >= 0.3 is 0 Å². The molecule has 0 spiro atoms. The van der Waals surface area contributed by atoms with Gasteiger partial charge in [-0.3, -0.25) is 0 Å². The second-order valence-electron chi connectivity index (χ2n) is 3.75. The van der Waals surface area contributed by atoms with Crippen LogP contribution >= 0.6 is 0 Å². The second kappa shape index (κ2) is 2.81. The van der Waals surface area contributed by atoms with Gasteiger partial charge in [0.15, 0.2) is 0 Å². The van der Waals surface area contributed by atoms with E-state index in [2.05, 4.69) is 6.92 Å². The minimum absolute atomic E-state index is 0.366. The van der Waals surface area contributed by atoms with Gasteiger partial charge in [-0.05, 0) is 42.4 Å². The van der Waals surface area contributed by atoms with Gasteiger partial charge in [-0.25, -0.2) is 0 Å². The van der Waals surface area contributed by atoms with Gasteiger partial charge in [0.25, 0.3) is 0 Å². The largest absolute Gasteiger partial charge is 0.508 e. The molecule has 64 valence electrons. The minimum Gasteiger partial charge on any atom is -0.508 e. The Labute approximate surface area is 73.0 Å². The number of phenolic OH excluding ortho intramolecular Hbond substituents is 1. The van der Waals surface area contributed by atoms with Gasteiger partial charge in [0.2, 0.25) is 0 Å². The Morgan fingerprint density at radius 1 is 1.17 bits per heavy atom. The molecule has 0 heterocycles. The number of aromatic hydroxyl groups is 1. The molecule has 1 aromatic carbocycles. The third-order valence-corrected chi connectivity index (χ3v) is 2.94. The van der Waals surface area contributed by atoms with Crippen molar-refractivity contribution < 1.29 is 5.11 Å². The van der Waals surface area contributed by atoms with E-state index in [1.165, 1.54) is 18.4 Å². The highest BCUT2D eigenvalue weighted by Crippen LogP contribution is 2.42. The van der Waals surface area contributed by atoms with Crippen LogP contribution in [0.25, 0.3) is 0 Å². The quantitative estimate of drug-likeness (QED) is 0.673. The molecule has 1 fully saturated rings. The van der Waals surface area contributed by atoms with E-state index in [9.17, 15) is 0 Å². The monoisotopic (exact) mass is 162 g/mol. The third-order valence-electron chi connectivity index (χ3n) is 2.94. The first-order chi connectivity index (χ1) is 5.77. The van der Waals surface area contributed by atoms with Gasteiger partial charge in [0.05, 0.1) is 0 Å². The molecule has 0 aromatic heterocycles. The first-order valence-corrected chi connectivity index (χ1v) is 4.56. The maximum Gasteiger partial charge on any atom is 0.115 e. The lowest BCUT2D eigenvalue weighted by Crippen LogP contribution is -2.20. The van der Waals surface area contributed by atoms with Crippen molar-refractivity contribution in [2.24, 2.45) is 5.92 Å². The van der Waals surface area contributed by atoms with Crippen molar-refractivity contribution in [2.45, 2.75) is 25.7 Å². The van der Waals surface area contributed by atoms with Crippen molar-refractivity contribution >= 4 is 0 Å². The zero-order valence-electron chi connectivity index (χ0n) is 7.33. The standard InChI is InChI=1S/C11H14O/c1-8-2-7-11(8)9-3-5-10(12)6-4-9/h3-6,8,11-12H,2,7H2,1H3/t8-,11+/m0/s1. The molecule has 1 nitrogen and oxygen atoms in total. The molecule has 1 N–H and O–H groups in total. The van der Waals surface area contributed by atoms with Crippen LogP contribution in [0.3, 0.4) is 0 Å². The van der Waals surface area contributed by atoms with Gasteiger partial charge in [-0.1, -0.05) is 19.1 Å². The highest BCUT2D eigenvalue weighted by molar-refractivity contribution is 5.29. The molecule has 1 aromatic rings. The number of hydrogen-bond acceptors (Lipinski definition) is 1.